The molecule has 100 valence electrons. The molecule has 1 aromatic heterocycles. The SMILES string of the molecule is CC(C1CC1)n1nc(C(F)(F)F)c([N+](=O)[O-])c1Cl. The molecule has 1 aliphatic carbocycles. The first-order valence-electron chi connectivity index (χ1n) is 5.23. The molecule has 1 aromatic rings. The van der Waals surface area contributed by atoms with E-state index < -0.39 is 27.6 Å². The van der Waals surface area contributed by atoms with Crippen molar-refractivity contribution in [1.29, 1.82) is 0 Å². The molecule has 9 heteroatoms. The van der Waals surface area contributed by atoms with E-state index in [0.29, 0.717) is 0 Å². The summed E-state index contributed by atoms with van der Waals surface area (Å²) >= 11 is 5.66. The number of hydrogen-bond donors (Lipinski definition) is 0. The van der Waals surface area contributed by atoms with Crippen molar-refractivity contribution < 1.29 is 18.1 Å². The predicted octanol–water partition coefficient (Wildman–Crippen LogP) is 3.43. The average Bonchev–Trinajstić information content (AvgIpc) is 2.99. The third-order valence-electron chi connectivity index (χ3n) is 2.97. The Morgan fingerprint density at radius 1 is 1.56 bits per heavy atom. The smallest absolute Gasteiger partial charge is 0.258 e. The Kier molecular flexibility index (Phi) is 3.00. The number of hydrogen-bond acceptors (Lipinski definition) is 3. The third kappa shape index (κ3) is 2.16. The normalized spacial score (nSPS) is 17.8. The van der Waals surface area contributed by atoms with Crippen LogP contribution in [-0.2, 0) is 6.18 Å². The van der Waals surface area contributed by atoms with E-state index in [-0.39, 0.29) is 12.0 Å². The summed E-state index contributed by atoms with van der Waals surface area (Å²) in [6.45, 7) is 1.65. The Morgan fingerprint density at radius 3 is 2.44 bits per heavy atom. The first-order valence-corrected chi connectivity index (χ1v) is 5.61. The molecular formula is C9H9ClF3N3O2. The molecule has 1 heterocycles. The van der Waals surface area contributed by atoms with Gasteiger partial charge in [-0.05, 0) is 25.7 Å². The van der Waals surface area contributed by atoms with Crippen molar-refractivity contribution in [2.24, 2.45) is 5.92 Å². The highest BCUT2D eigenvalue weighted by molar-refractivity contribution is 6.31. The fraction of sp³-hybridized carbons (Fsp3) is 0.667. The second kappa shape index (κ2) is 4.11. The number of alkyl halides is 3. The molecule has 0 bridgehead atoms. The van der Waals surface area contributed by atoms with Crippen molar-refractivity contribution in [3.05, 3.63) is 21.0 Å². The first kappa shape index (κ1) is 13.1. The number of nitro groups is 1. The second-order valence-corrected chi connectivity index (χ2v) is 4.62. The third-order valence-corrected chi connectivity index (χ3v) is 3.32. The summed E-state index contributed by atoms with van der Waals surface area (Å²) in [5, 5.41) is 13.4. The maximum Gasteiger partial charge on any atom is 0.442 e. The zero-order chi connectivity index (χ0) is 13.7. The van der Waals surface area contributed by atoms with Crippen LogP contribution in [0.2, 0.25) is 5.15 Å². The van der Waals surface area contributed by atoms with Gasteiger partial charge in [0.2, 0.25) is 10.8 Å². The molecule has 1 atom stereocenters. The highest BCUT2D eigenvalue weighted by atomic mass is 35.5. The largest absolute Gasteiger partial charge is 0.442 e. The van der Waals surface area contributed by atoms with Crippen LogP contribution >= 0.6 is 11.6 Å². The van der Waals surface area contributed by atoms with Crippen molar-refractivity contribution in [1.82, 2.24) is 9.78 Å². The van der Waals surface area contributed by atoms with Crippen LogP contribution < -0.4 is 0 Å². The quantitative estimate of drug-likeness (QED) is 0.630. The summed E-state index contributed by atoms with van der Waals surface area (Å²) in [5.74, 6) is 0.183. The van der Waals surface area contributed by atoms with Gasteiger partial charge in [-0.2, -0.15) is 18.3 Å². The summed E-state index contributed by atoms with van der Waals surface area (Å²) < 4.78 is 38.8. The van der Waals surface area contributed by atoms with E-state index in [1.807, 2.05) is 0 Å². The van der Waals surface area contributed by atoms with Gasteiger partial charge in [-0.3, -0.25) is 10.1 Å². The van der Waals surface area contributed by atoms with Crippen LogP contribution in [-0.4, -0.2) is 14.7 Å². The lowest BCUT2D eigenvalue weighted by Crippen LogP contribution is -2.12. The van der Waals surface area contributed by atoms with Gasteiger partial charge in [0.1, 0.15) is 0 Å². The molecule has 1 aliphatic rings. The molecule has 0 radical (unpaired) electrons. The van der Waals surface area contributed by atoms with Gasteiger partial charge in [0.25, 0.3) is 0 Å². The number of rotatable bonds is 3. The van der Waals surface area contributed by atoms with Gasteiger partial charge in [0.15, 0.2) is 0 Å². The van der Waals surface area contributed by atoms with Crippen molar-refractivity contribution in [2.45, 2.75) is 32.0 Å². The minimum Gasteiger partial charge on any atom is -0.258 e. The van der Waals surface area contributed by atoms with Crippen LogP contribution in [0.25, 0.3) is 0 Å². The zero-order valence-corrected chi connectivity index (χ0v) is 9.99. The summed E-state index contributed by atoms with van der Waals surface area (Å²) in [6, 6.07) is -0.368. The fourth-order valence-corrected chi connectivity index (χ4v) is 2.16. The molecular weight excluding hydrogens is 275 g/mol. The molecule has 1 unspecified atom stereocenters. The summed E-state index contributed by atoms with van der Waals surface area (Å²) in [7, 11) is 0. The number of halogens is 4. The number of aromatic nitrogens is 2. The lowest BCUT2D eigenvalue weighted by molar-refractivity contribution is -0.388. The van der Waals surface area contributed by atoms with Crippen molar-refractivity contribution in [3.63, 3.8) is 0 Å². The Hall–Kier alpha value is -1.31. The van der Waals surface area contributed by atoms with Gasteiger partial charge in [-0.25, -0.2) is 4.68 Å². The predicted molar refractivity (Wildman–Crippen MR) is 56.3 cm³/mol. The van der Waals surface area contributed by atoms with Crippen molar-refractivity contribution in [2.75, 3.05) is 0 Å². The minimum absolute atomic E-state index is 0.183. The highest BCUT2D eigenvalue weighted by Crippen LogP contribution is 2.45. The molecule has 1 fully saturated rings. The van der Waals surface area contributed by atoms with Gasteiger partial charge in [-0.1, -0.05) is 11.6 Å². The van der Waals surface area contributed by atoms with Gasteiger partial charge in [0.05, 0.1) is 11.0 Å². The van der Waals surface area contributed by atoms with E-state index in [4.69, 9.17) is 11.6 Å². The van der Waals surface area contributed by atoms with Crippen LogP contribution in [0.3, 0.4) is 0 Å². The summed E-state index contributed by atoms with van der Waals surface area (Å²) in [4.78, 5) is 9.53. The minimum atomic E-state index is -4.89. The molecule has 0 amide bonds. The Labute approximate surface area is 105 Å². The lowest BCUT2D eigenvalue weighted by atomic mass is 10.2. The monoisotopic (exact) mass is 283 g/mol. The fourth-order valence-electron chi connectivity index (χ4n) is 1.81. The van der Waals surface area contributed by atoms with Gasteiger partial charge in [-0.15, -0.1) is 0 Å². The summed E-state index contributed by atoms with van der Waals surface area (Å²) in [6.07, 6.45) is -3.15. The van der Waals surface area contributed by atoms with Crippen molar-refractivity contribution >= 4 is 17.3 Å². The van der Waals surface area contributed by atoms with E-state index >= 15 is 0 Å². The molecule has 1 saturated carbocycles. The molecule has 0 aliphatic heterocycles. The average molecular weight is 284 g/mol. The lowest BCUT2D eigenvalue weighted by Gasteiger charge is -2.10. The van der Waals surface area contributed by atoms with Crippen LogP contribution in [0.15, 0.2) is 0 Å². The molecule has 0 saturated heterocycles. The van der Waals surface area contributed by atoms with Crippen LogP contribution in [0.1, 0.15) is 31.5 Å². The van der Waals surface area contributed by atoms with Gasteiger partial charge >= 0.3 is 11.9 Å². The van der Waals surface area contributed by atoms with Crippen molar-refractivity contribution in [3.8, 4) is 0 Å². The van der Waals surface area contributed by atoms with E-state index in [9.17, 15) is 23.3 Å². The molecule has 18 heavy (non-hydrogen) atoms. The van der Waals surface area contributed by atoms with Crippen LogP contribution in [0.5, 0.6) is 0 Å². The van der Waals surface area contributed by atoms with Crippen LogP contribution in [0, 0.1) is 16.0 Å². The van der Waals surface area contributed by atoms with Crippen LogP contribution in [0.4, 0.5) is 18.9 Å². The Morgan fingerprint density at radius 2 is 2.11 bits per heavy atom. The van der Waals surface area contributed by atoms with Gasteiger partial charge < -0.3 is 0 Å². The number of nitrogens with zero attached hydrogens (tertiary/aromatic N) is 3. The zero-order valence-electron chi connectivity index (χ0n) is 9.24. The maximum atomic E-state index is 12.6. The van der Waals surface area contributed by atoms with E-state index in [1.165, 1.54) is 0 Å². The molecule has 0 spiro atoms. The topological polar surface area (TPSA) is 61.0 Å². The molecule has 0 N–H and O–H groups in total. The Balaban J connectivity index is 2.53. The maximum absolute atomic E-state index is 12.6. The summed E-state index contributed by atoms with van der Waals surface area (Å²) in [5.41, 5.74) is -2.71. The Bertz CT molecular complexity index is 496. The highest BCUT2D eigenvalue weighted by Gasteiger charge is 2.46. The van der Waals surface area contributed by atoms with E-state index in [1.54, 1.807) is 6.92 Å². The second-order valence-electron chi connectivity index (χ2n) is 4.27. The molecule has 0 aromatic carbocycles. The van der Waals surface area contributed by atoms with E-state index in [0.717, 1.165) is 17.5 Å². The van der Waals surface area contributed by atoms with E-state index in [2.05, 4.69) is 5.10 Å². The molecule has 2 rings (SSSR count). The standard InChI is InChI=1S/C9H9ClF3N3O2/c1-4(5-2-3-5)15-8(10)6(16(17)18)7(14-15)9(11,12)13/h4-5H,2-3H2,1H3. The molecule has 5 nitrogen and oxygen atoms in total. The van der Waals surface area contributed by atoms with Gasteiger partial charge in [0, 0.05) is 0 Å². The first-order chi connectivity index (χ1) is 8.23.